The van der Waals surface area contributed by atoms with Gasteiger partial charge in [0.2, 0.25) is 0 Å². The van der Waals surface area contributed by atoms with Crippen LogP contribution in [0.15, 0.2) is 36.9 Å². The van der Waals surface area contributed by atoms with Crippen molar-refractivity contribution in [2.75, 3.05) is 11.9 Å². The monoisotopic (exact) mass is 233 g/mol. The second-order valence-corrected chi connectivity index (χ2v) is 4.28. The molecule has 17 heavy (non-hydrogen) atoms. The number of rotatable bonds is 8. The van der Waals surface area contributed by atoms with Gasteiger partial charge in [0.05, 0.1) is 6.61 Å². The van der Waals surface area contributed by atoms with Crippen LogP contribution in [0, 0.1) is 0 Å². The number of nitrogens with one attached hydrogen (secondary N) is 1. The summed E-state index contributed by atoms with van der Waals surface area (Å²) in [5.41, 5.74) is 1.14. The first-order chi connectivity index (χ1) is 8.26. The Morgan fingerprint density at radius 3 is 2.65 bits per heavy atom. The molecular formula is C15H23NO. The normalized spacial score (nSPS) is 11.9. The maximum absolute atomic E-state index is 5.54. The second-order valence-electron chi connectivity index (χ2n) is 4.28. The van der Waals surface area contributed by atoms with E-state index in [1.54, 1.807) is 0 Å². The molecule has 1 N–H and O–H groups in total. The summed E-state index contributed by atoms with van der Waals surface area (Å²) in [7, 11) is 0. The SMILES string of the molecule is C=CCCC(C)Nc1ccc(OCCC)cc1. The van der Waals surface area contributed by atoms with Crippen LogP contribution in [0.5, 0.6) is 5.75 Å². The average molecular weight is 233 g/mol. The van der Waals surface area contributed by atoms with Gasteiger partial charge in [0, 0.05) is 11.7 Å². The van der Waals surface area contributed by atoms with Gasteiger partial charge in [0.1, 0.15) is 5.75 Å². The summed E-state index contributed by atoms with van der Waals surface area (Å²) in [4.78, 5) is 0. The zero-order valence-corrected chi connectivity index (χ0v) is 10.9. The molecule has 1 unspecified atom stereocenters. The minimum atomic E-state index is 0.468. The number of anilines is 1. The molecule has 0 aliphatic rings. The average Bonchev–Trinajstić information content (AvgIpc) is 2.35. The fraction of sp³-hybridized carbons (Fsp3) is 0.467. The molecule has 1 aromatic rings. The maximum Gasteiger partial charge on any atom is 0.119 e. The van der Waals surface area contributed by atoms with E-state index in [0.29, 0.717) is 6.04 Å². The predicted octanol–water partition coefficient (Wildman–Crippen LogP) is 4.24. The molecule has 0 bridgehead atoms. The zero-order valence-electron chi connectivity index (χ0n) is 10.9. The van der Waals surface area contributed by atoms with Crippen molar-refractivity contribution in [2.24, 2.45) is 0 Å². The molecule has 0 aliphatic heterocycles. The topological polar surface area (TPSA) is 21.3 Å². The van der Waals surface area contributed by atoms with Crippen LogP contribution in [0.2, 0.25) is 0 Å². The van der Waals surface area contributed by atoms with Gasteiger partial charge in [-0.15, -0.1) is 6.58 Å². The predicted molar refractivity (Wildman–Crippen MR) is 74.7 cm³/mol. The molecule has 0 saturated heterocycles. The van der Waals surface area contributed by atoms with E-state index < -0.39 is 0 Å². The Balaban J connectivity index is 2.41. The van der Waals surface area contributed by atoms with Crippen LogP contribution in [0.1, 0.15) is 33.1 Å². The van der Waals surface area contributed by atoms with Gasteiger partial charge in [-0.25, -0.2) is 0 Å². The molecule has 94 valence electrons. The highest BCUT2D eigenvalue weighted by molar-refractivity contribution is 5.46. The highest BCUT2D eigenvalue weighted by Crippen LogP contribution is 2.17. The number of hydrogen-bond acceptors (Lipinski definition) is 2. The third kappa shape index (κ3) is 5.43. The zero-order chi connectivity index (χ0) is 12.5. The van der Waals surface area contributed by atoms with Gasteiger partial charge in [-0.2, -0.15) is 0 Å². The van der Waals surface area contributed by atoms with Gasteiger partial charge in [-0.05, 0) is 50.5 Å². The first-order valence-corrected chi connectivity index (χ1v) is 6.36. The van der Waals surface area contributed by atoms with E-state index in [0.717, 1.165) is 37.3 Å². The summed E-state index contributed by atoms with van der Waals surface area (Å²) in [6.07, 6.45) is 5.15. The van der Waals surface area contributed by atoms with Crippen LogP contribution in [0.4, 0.5) is 5.69 Å². The van der Waals surface area contributed by atoms with Crippen LogP contribution in [-0.4, -0.2) is 12.6 Å². The quantitative estimate of drug-likeness (QED) is 0.678. The molecule has 0 fully saturated rings. The number of ether oxygens (including phenoxy) is 1. The molecule has 0 aromatic heterocycles. The summed E-state index contributed by atoms with van der Waals surface area (Å²) in [5, 5.41) is 3.46. The lowest BCUT2D eigenvalue weighted by Gasteiger charge is -2.14. The lowest BCUT2D eigenvalue weighted by molar-refractivity contribution is 0.317. The van der Waals surface area contributed by atoms with Crippen LogP contribution in [-0.2, 0) is 0 Å². The highest BCUT2D eigenvalue weighted by Gasteiger charge is 2.01. The molecule has 0 spiro atoms. The molecule has 2 nitrogen and oxygen atoms in total. The summed E-state index contributed by atoms with van der Waals surface area (Å²) in [6.45, 7) is 8.81. The van der Waals surface area contributed by atoms with Crippen molar-refractivity contribution in [3.63, 3.8) is 0 Å². The molecule has 1 rings (SSSR count). The van der Waals surface area contributed by atoms with Crippen molar-refractivity contribution in [3.8, 4) is 5.75 Å². The largest absolute Gasteiger partial charge is 0.494 e. The first-order valence-electron chi connectivity index (χ1n) is 6.36. The summed E-state index contributed by atoms with van der Waals surface area (Å²) in [5.74, 6) is 0.941. The summed E-state index contributed by atoms with van der Waals surface area (Å²) in [6, 6.07) is 8.62. The number of hydrogen-bond donors (Lipinski definition) is 1. The molecule has 0 heterocycles. The molecule has 1 aromatic carbocycles. The van der Waals surface area contributed by atoms with Crippen LogP contribution < -0.4 is 10.1 Å². The van der Waals surface area contributed by atoms with E-state index in [1.807, 2.05) is 18.2 Å². The lowest BCUT2D eigenvalue weighted by Crippen LogP contribution is -2.14. The fourth-order valence-corrected chi connectivity index (χ4v) is 1.59. The van der Waals surface area contributed by atoms with Crippen molar-refractivity contribution >= 4 is 5.69 Å². The van der Waals surface area contributed by atoms with Gasteiger partial charge in [0.15, 0.2) is 0 Å². The van der Waals surface area contributed by atoms with Gasteiger partial charge < -0.3 is 10.1 Å². The lowest BCUT2D eigenvalue weighted by atomic mass is 10.1. The van der Waals surface area contributed by atoms with E-state index in [4.69, 9.17) is 4.74 Å². The molecule has 0 radical (unpaired) electrons. The number of allylic oxidation sites excluding steroid dienone is 1. The van der Waals surface area contributed by atoms with E-state index in [1.165, 1.54) is 0 Å². The van der Waals surface area contributed by atoms with Crippen molar-refractivity contribution in [1.82, 2.24) is 0 Å². The standard InChI is InChI=1S/C15H23NO/c1-4-6-7-13(3)16-14-8-10-15(11-9-14)17-12-5-2/h4,8-11,13,16H,1,5-7,12H2,2-3H3. The van der Waals surface area contributed by atoms with Gasteiger partial charge >= 0.3 is 0 Å². The van der Waals surface area contributed by atoms with E-state index >= 15 is 0 Å². The Morgan fingerprint density at radius 1 is 1.35 bits per heavy atom. The smallest absolute Gasteiger partial charge is 0.119 e. The Hall–Kier alpha value is -1.44. The van der Waals surface area contributed by atoms with Crippen molar-refractivity contribution < 1.29 is 4.74 Å². The van der Waals surface area contributed by atoms with Crippen molar-refractivity contribution in [2.45, 2.75) is 39.2 Å². The Morgan fingerprint density at radius 2 is 2.06 bits per heavy atom. The Kier molecular flexibility index (Phi) is 6.23. The van der Waals surface area contributed by atoms with Crippen LogP contribution >= 0.6 is 0 Å². The van der Waals surface area contributed by atoms with E-state index in [2.05, 4.69) is 37.9 Å². The Bertz CT molecular complexity index is 318. The molecule has 2 heteroatoms. The summed E-state index contributed by atoms with van der Waals surface area (Å²) < 4.78 is 5.54. The van der Waals surface area contributed by atoms with Crippen molar-refractivity contribution in [1.29, 1.82) is 0 Å². The highest BCUT2D eigenvalue weighted by atomic mass is 16.5. The molecule has 0 amide bonds. The fourth-order valence-electron chi connectivity index (χ4n) is 1.59. The summed E-state index contributed by atoms with van der Waals surface area (Å²) >= 11 is 0. The minimum Gasteiger partial charge on any atom is -0.494 e. The minimum absolute atomic E-state index is 0.468. The van der Waals surface area contributed by atoms with Crippen LogP contribution in [0.25, 0.3) is 0 Å². The Labute approximate surface area is 105 Å². The van der Waals surface area contributed by atoms with Crippen molar-refractivity contribution in [3.05, 3.63) is 36.9 Å². The molecular weight excluding hydrogens is 210 g/mol. The van der Waals surface area contributed by atoms with E-state index in [-0.39, 0.29) is 0 Å². The van der Waals surface area contributed by atoms with Gasteiger partial charge in [-0.1, -0.05) is 13.0 Å². The first kappa shape index (κ1) is 13.6. The maximum atomic E-state index is 5.54. The molecule has 0 saturated carbocycles. The van der Waals surface area contributed by atoms with Crippen LogP contribution in [0.3, 0.4) is 0 Å². The van der Waals surface area contributed by atoms with Gasteiger partial charge in [0.25, 0.3) is 0 Å². The molecule has 1 atom stereocenters. The third-order valence-electron chi connectivity index (χ3n) is 2.54. The van der Waals surface area contributed by atoms with E-state index in [9.17, 15) is 0 Å². The number of benzene rings is 1. The van der Waals surface area contributed by atoms with Gasteiger partial charge in [-0.3, -0.25) is 0 Å². The second kappa shape index (κ2) is 7.77. The third-order valence-corrected chi connectivity index (χ3v) is 2.54. The molecule has 0 aliphatic carbocycles.